The van der Waals surface area contributed by atoms with Crippen molar-refractivity contribution in [2.75, 3.05) is 11.6 Å². The fourth-order valence-electron chi connectivity index (χ4n) is 4.06. The van der Waals surface area contributed by atoms with E-state index >= 15 is 0 Å². The molecule has 0 fully saturated rings. The second-order valence-corrected chi connectivity index (χ2v) is 9.51. The van der Waals surface area contributed by atoms with Gasteiger partial charge >= 0.3 is 0 Å². The molecule has 1 aliphatic heterocycles. The maximum absolute atomic E-state index is 10.1. The van der Waals surface area contributed by atoms with E-state index in [9.17, 15) is 5.26 Å². The van der Waals surface area contributed by atoms with Crippen molar-refractivity contribution in [1.29, 1.82) is 5.26 Å². The molecule has 0 spiro atoms. The summed E-state index contributed by atoms with van der Waals surface area (Å²) in [6.07, 6.45) is 12.7. The Bertz CT molecular complexity index is 1490. The fraction of sp³-hybridized carbons (Fsp3) is 0.200. The van der Waals surface area contributed by atoms with E-state index in [-0.39, 0.29) is 0 Å². The molecule has 8 heteroatoms. The van der Waals surface area contributed by atoms with Crippen LogP contribution in [-0.2, 0) is 0 Å². The third-order valence-electron chi connectivity index (χ3n) is 5.92. The molecule has 3 heterocycles. The molecule has 3 aromatic rings. The second-order valence-electron chi connectivity index (χ2n) is 8.63. The van der Waals surface area contributed by atoms with Crippen molar-refractivity contribution >= 4 is 39.8 Å². The number of hydrogen-bond donors (Lipinski definition) is 1. The molecule has 1 N–H and O–H groups in total. The van der Waals surface area contributed by atoms with E-state index < -0.39 is 0 Å². The number of ether oxygens (including phenoxy) is 1. The third kappa shape index (κ3) is 5.96. The van der Waals surface area contributed by atoms with Crippen LogP contribution in [0.2, 0.25) is 0 Å². The number of benzene rings is 1. The number of nitriles is 1. The van der Waals surface area contributed by atoms with E-state index in [0.29, 0.717) is 35.1 Å². The number of rotatable bonds is 8. The molecular formula is C30H30N6OS. The highest BCUT2D eigenvalue weighted by molar-refractivity contribution is 8.13. The first-order valence-corrected chi connectivity index (χ1v) is 13.5. The molecule has 0 amide bonds. The summed E-state index contributed by atoms with van der Waals surface area (Å²) in [6.45, 7) is 10.2. The Labute approximate surface area is 228 Å². The normalized spacial score (nSPS) is 13.8. The zero-order chi connectivity index (χ0) is 27.1. The van der Waals surface area contributed by atoms with Crippen LogP contribution < -0.4 is 10.1 Å². The summed E-state index contributed by atoms with van der Waals surface area (Å²) in [5, 5.41) is 19.3. The monoisotopic (exact) mass is 522 g/mol. The quantitative estimate of drug-likeness (QED) is 0.301. The Kier molecular flexibility index (Phi) is 8.62. The minimum absolute atomic E-state index is 0.444. The lowest BCUT2D eigenvalue weighted by Crippen LogP contribution is -2.05. The highest BCUT2D eigenvalue weighted by Gasteiger charge is 2.25. The largest absolute Gasteiger partial charge is 0.457 e. The molecule has 1 aliphatic rings. The Morgan fingerprint density at radius 2 is 1.92 bits per heavy atom. The van der Waals surface area contributed by atoms with Gasteiger partial charge in [0.1, 0.15) is 11.5 Å². The van der Waals surface area contributed by atoms with Crippen LogP contribution in [-0.4, -0.2) is 26.1 Å². The van der Waals surface area contributed by atoms with Crippen molar-refractivity contribution in [3.8, 4) is 17.6 Å². The van der Waals surface area contributed by atoms with Crippen LogP contribution in [0.5, 0.6) is 11.5 Å². The van der Waals surface area contributed by atoms with E-state index in [1.807, 2.05) is 62.6 Å². The second kappa shape index (κ2) is 12.3. The minimum atomic E-state index is 0.444. The van der Waals surface area contributed by atoms with Gasteiger partial charge in [0, 0.05) is 35.6 Å². The van der Waals surface area contributed by atoms with Gasteiger partial charge in [-0.15, -0.1) is 16.9 Å². The molecule has 0 unspecified atom stereocenters. The summed E-state index contributed by atoms with van der Waals surface area (Å²) in [5.74, 6) is 2.79. The number of fused-ring (bicyclic) bond motifs is 1. The first-order chi connectivity index (χ1) is 18.5. The number of allylic oxidation sites excluding steroid dienone is 7. The molecule has 0 radical (unpaired) electrons. The molecule has 1 aromatic carbocycles. The number of hydrogen-bond acceptors (Lipinski definition) is 7. The third-order valence-corrected chi connectivity index (χ3v) is 6.63. The number of anilines is 2. The lowest BCUT2D eigenvalue weighted by Gasteiger charge is -2.12. The van der Waals surface area contributed by atoms with E-state index in [0.717, 1.165) is 39.6 Å². The first kappa shape index (κ1) is 26.7. The van der Waals surface area contributed by atoms with Crippen LogP contribution in [0.4, 0.5) is 17.3 Å². The number of aromatic nitrogens is 3. The van der Waals surface area contributed by atoms with E-state index in [1.165, 1.54) is 11.8 Å². The van der Waals surface area contributed by atoms with Crippen LogP contribution in [0.3, 0.4) is 0 Å². The standard InChI is InChI=1S/C30H30N6OS/c1-6-8-20(3)17-22(7-2)28-23(19-31)18-27(38-5)34-30-21(4)29(35-36(28)30)33-24-9-11-25(12-10-24)37-26-13-15-32-16-14-26/h7-17H,2,6,18H2,1,3-5H3,(H,33,35)/b20-8-,22-17+. The zero-order valence-corrected chi connectivity index (χ0v) is 22.8. The number of pyridine rings is 1. The molecule has 38 heavy (non-hydrogen) atoms. The molecule has 0 saturated heterocycles. The van der Waals surface area contributed by atoms with Crippen molar-refractivity contribution in [2.24, 2.45) is 4.99 Å². The number of nitrogens with one attached hydrogen (secondary N) is 1. The molecule has 192 valence electrons. The maximum Gasteiger partial charge on any atom is 0.161 e. The number of aliphatic imine (C=N–C) groups is 1. The average molecular weight is 523 g/mol. The summed E-state index contributed by atoms with van der Waals surface area (Å²) < 4.78 is 7.64. The molecule has 7 nitrogen and oxygen atoms in total. The number of thioether (sulfide) groups is 1. The molecule has 0 saturated carbocycles. The van der Waals surface area contributed by atoms with Gasteiger partial charge in [-0.2, -0.15) is 5.26 Å². The van der Waals surface area contributed by atoms with Crippen molar-refractivity contribution in [1.82, 2.24) is 14.8 Å². The molecule has 0 atom stereocenters. The van der Waals surface area contributed by atoms with Crippen LogP contribution in [0.15, 0.2) is 95.3 Å². The summed E-state index contributed by atoms with van der Waals surface area (Å²) in [6, 6.07) is 13.7. The van der Waals surface area contributed by atoms with Gasteiger partial charge in [0.25, 0.3) is 0 Å². The van der Waals surface area contributed by atoms with Crippen LogP contribution in [0.25, 0.3) is 5.70 Å². The molecule has 4 rings (SSSR count). The van der Waals surface area contributed by atoms with Gasteiger partial charge in [-0.3, -0.25) is 4.98 Å². The fourth-order valence-corrected chi connectivity index (χ4v) is 4.52. The Morgan fingerprint density at radius 1 is 1.21 bits per heavy atom. The zero-order valence-electron chi connectivity index (χ0n) is 22.0. The summed E-state index contributed by atoms with van der Waals surface area (Å²) in [7, 11) is 0. The van der Waals surface area contributed by atoms with Crippen molar-refractivity contribution in [2.45, 2.75) is 33.6 Å². The van der Waals surface area contributed by atoms with Gasteiger partial charge in [0.15, 0.2) is 11.6 Å². The van der Waals surface area contributed by atoms with E-state index in [1.54, 1.807) is 23.2 Å². The average Bonchev–Trinajstić information content (AvgIpc) is 3.12. The van der Waals surface area contributed by atoms with Crippen molar-refractivity contribution < 1.29 is 4.74 Å². The summed E-state index contributed by atoms with van der Waals surface area (Å²) in [5.41, 5.74) is 4.96. The molecule has 0 bridgehead atoms. The van der Waals surface area contributed by atoms with E-state index in [4.69, 9.17) is 14.8 Å². The molecular weight excluding hydrogens is 492 g/mol. The van der Waals surface area contributed by atoms with Gasteiger partial charge in [-0.1, -0.05) is 37.3 Å². The van der Waals surface area contributed by atoms with Crippen molar-refractivity contribution in [3.05, 3.63) is 95.9 Å². The van der Waals surface area contributed by atoms with Gasteiger partial charge in [0.05, 0.1) is 22.4 Å². The summed E-state index contributed by atoms with van der Waals surface area (Å²) in [4.78, 5) is 8.92. The Morgan fingerprint density at radius 3 is 2.55 bits per heavy atom. The smallest absolute Gasteiger partial charge is 0.161 e. The minimum Gasteiger partial charge on any atom is -0.457 e. The SMILES string of the molecule is C=C/C(=C\C(C)=C/CC)C1=C(C#N)CC(SC)=Nc2c(C)c(Nc3ccc(Oc4ccncc4)cc3)nn21. The van der Waals surface area contributed by atoms with Gasteiger partial charge in [-0.05, 0) is 62.9 Å². The van der Waals surface area contributed by atoms with Crippen LogP contribution >= 0.6 is 11.8 Å². The lowest BCUT2D eigenvalue weighted by molar-refractivity contribution is 0.482. The predicted molar refractivity (Wildman–Crippen MR) is 157 cm³/mol. The lowest BCUT2D eigenvalue weighted by atomic mass is 10.0. The van der Waals surface area contributed by atoms with Gasteiger partial charge in [0.2, 0.25) is 0 Å². The van der Waals surface area contributed by atoms with Crippen LogP contribution in [0.1, 0.15) is 32.3 Å². The van der Waals surface area contributed by atoms with Crippen LogP contribution in [0, 0.1) is 18.3 Å². The highest BCUT2D eigenvalue weighted by Crippen LogP contribution is 2.38. The Balaban J connectivity index is 1.73. The van der Waals surface area contributed by atoms with Gasteiger partial charge < -0.3 is 10.1 Å². The highest BCUT2D eigenvalue weighted by atomic mass is 32.2. The number of nitrogens with zero attached hydrogens (tertiary/aromatic N) is 5. The van der Waals surface area contributed by atoms with E-state index in [2.05, 4.69) is 35.9 Å². The van der Waals surface area contributed by atoms with Crippen molar-refractivity contribution in [3.63, 3.8) is 0 Å². The van der Waals surface area contributed by atoms with Gasteiger partial charge in [-0.25, -0.2) is 9.67 Å². The molecule has 2 aromatic heterocycles. The first-order valence-electron chi connectivity index (χ1n) is 12.3. The Hall–Kier alpha value is -4.35. The topological polar surface area (TPSA) is 88.1 Å². The predicted octanol–water partition coefficient (Wildman–Crippen LogP) is 8.12. The summed E-state index contributed by atoms with van der Waals surface area (Å²) >= 11 is 1.54. The molecule has 0 aliphatic carbocycles. The maximum atomic E-state index is 10.1.